The topological polar surface area (TPSA) is 55.8 Å². The Labute approximate surface area is 167 Å². The third-order valence-electron chi connectivity index (χ3n) is 4.48. The second-order valence-electron chi connectivity index (χ2n) is 6.47. The quantitative estimate of drug-likeness (QED) is 0.511. The van der Waals surface area contributed by atoms with E-state index in [0.29, 0.717) is 12.6 Å². The molecular formula is C20H32N6S. The monoisotopic (exact) mass is 388 g/mol. The Balaban J connectivity index is 1.96. The summed E-state index contributed by atoms with van der Waals surface area (Å²) in [5.74, 6) is 0.794. The first-order chi connectivity index (χ1) is 13.1. The fraction of sp³-hybridized carbons (Fsp3) is 0.500. The summed E-state index contributed by atoms with van der Waals surface area (Å²) in [6, 6.07) is 11.0. The summed E-state index contributed by atoms with van der Waals surface area (Å²) in [6.07, 6.45) is 0. The van der Waals surface area contributed by atoms with Gasteiger partial charge in [0.15, 0.2) is 11.1 Å². The van der Waals surface area contributed by atoms with Crippen molar-refractivity contribution in [2.75, 3.05) is 45.7 Å². The van der Waals surface area contributed by atoms with Gasteiger partial charge in [-0.15, -0.1) is 11.3 Å². The first-order valence-electron chi connectivity index (χ1n) is 9.44. The molecule has 2 aromatic rings. The molecule has 7 heteroatoms. The molecule has 2 rings (SSSR count). The third kappa shape index (κ3) is 6.22. The van der Waals surface area contributed by atoms with Crippen LogP contribution in [0.15, 0.2) is 40.7 Å². The molecule has 0 aliphatic heterocycles. The fourth-order valence-electron chi connectivity index (χ4n) is 2.97. The highest BCUT2D eigenvalue weighted by Crippen LogP contribution is 2.20. The van der Waals surface area contributed by atoms with Crippen molar-refractivity contribution in [3.8, 4) is 0 Å². The van der Waals surface area contributed by atoms with Crippen LogP contribution in [0.5, 0.6) is 0 Å². The Morgan fingerprint density at radius 3 is 2.41 bits per heavy atom. The molecule has 2 N–H and O–H groups in total. The van der Waals surface area contributed by atoms with Crippen LogP contribution < -0.4 is 15.5 Å². The number of hydrogen-bond acceptors (Lipinski definition) is 5. The van der Waals surface area contributed by atoms with E-state index in [1.165, 1.54) is 5.56 Å². The normalized spacial score (nSPS) is 12.9. The summed E-state index contributed by atoms with van der Waals surface area (Å²) >= 11 is 1.65. The summed E-state index contributed by atoms with van der Waals surface area (Å²) in [4.78, 5) is 13.4. The van der Waals surface area contributed by atoms with Gasteiger partial charge in [0.1, 0.15) is 0 Å². The molecule has 27 heavy (non-hydrogen) atoms. The van der Waals surface area contributed by atoms with Crippen LogP contribution in [0.4, 0.5) is 5.13 Å². The van der Waals surface area contributed by atoms with Crippen molar-refractivity contribution in [3.63, 3.8) is 0 Å². The second kappa shape index (κ2) is 10.9. The molecular weight excluding hydrogens is 356 g/mol. The lowest BCUT2D eigenvalue weighted by molar-refractivity contribution is 0.219. The number of nitrogens with zero attached hydrogens (tertiary/aromatic N) is 4. The van der Waals surface area contributed by atoms with Crippen LogP contribution in [-0.4, -0.2) is 56.6 Å². The van der Waals surface area contributed by atoms with E-state index in [4.69, 9.17) is 0 Å². The minimum Gasteiger partial charge on any atom is -0.354 e. The molecule has 0 bridgehead atoms. The lowest BCUT2D eigenvalue weighted by Gasteiger charge is -2.30. The molecule has 0 aliphatic rings. The van der Waals surface area contributed by atoms with Crippen molar-refractivity contribution in [2.45, 2.75) is 26.4 Å². The van der Waals surface area contributed by atoms with E-state index < -0.39 is 0 Å². The highest BCUT2D eigenvalue weighted by atomic mass is 32.1. The van der Waals surface area contributed by atoms with Crippen molar-refractivity contribution in [1.82, 2.24) is 20.5 Å². The minimum atomic E-state index is 0.305. The molecule has 1 aromatic heterocycles. The molecule has 148 valence electrons. The second-order valence-corrected chi connectivity index (χ2v) is 7.31. The van der Waals surface area contributed by atoms with E-state index in [9.17, 15) is 0 Å². The van der Waals surface area contributed by atoms with Crippen LogP contribution in [0.25, 0.3) is 0 Å². The van der Waals surface area contributed by atoms with Crippen LogP contribution >= 0.6 is 11.3 Å². The molecule has 1 atom stereocenters. The van der Waals surface area contributed by atoms with Crippen LogP contribution in [0.2, 0.25) is 0 Å². The molecule has 0 amide bonds. The van der Waals surface area contributed by atoms with Gasteiger partial charge in [-0.05, 0) is 18.7 Å². The maximum atomic E-state index is 4.60. The van der Waals surface area contributed by atoms with Crippen LogP contribution in [0, 0.1) is 0 Å². The van der Waals surface area contributed by atoms with Gasteiger partial charge in [0.25, 0.3) is 0 Å². The maximum Gasteiger partial charge on any atom is 0.191 e. The maximum absolute atomic E-state index is 4.60. The molecule has 6 nitrogen and oxygen atoms in total. The number of likely N-dealkylation sites (N-methyl/N-ethyl adjacent to an activating group) is 1. The van der Waals surface area contributed by atoms with Gasteiger partial charge in [0.2, 0.25) is 0 Å². The Morgan fingerprint density at radius 1 is 1.15 bits per heavy atom. The number of guanidine groups is 1. The lowest BCUT2D eigenvalue weighted by atomic mass is 10.1. The summed E-state index contributed by atoms with van der Waals surface area (Å²) in [6.45, 7) is 7.89. The van der Waals surface area contributed by atoms with Crippen LogP contribution in [-0.2, 0) is 6.54 Å². The summed E-state index contributed by atoms with van der Waals surface area (Å²) < 4.78 is 0. The van der Waals surface area contributed by atoms with Gasteiger partial charge in [-0.25, -0.2) is 4.98 Å². The average molecular weight is 389 g/mol. The number of thiazole rings is 1. The van der Waals surface area contributed by atoms with E-state index in [1.807, 2.05) is 19.0 Å². The third-order valence-corrected chi connectivity index (χ3v) is 5.54. The zero-order valence-electron chi connectivity index (χ0n) is 17.1. The van der Waals surface area contributed by atoms with Crippen LogP contribution in [0.3, 0.4) is 0 Å². The van der Waals surface area contributed by atoms with Gasteiger partial charge in [-0.2, -0.15) is 0 Å². The van der Waals surface area contributed by atoms with Gasteiger partial charge in [-0.1, -0.05) is 44.2 Å². The SMILES string of the molecule is CCN(CC)C(CNC(=NC)NCc1csc(N(C)C)n1)c1ccccc1. The zero-order chi connectivity index (χ0) is 19.6. The zero-order valence-corrected chi connectivity index (χ0v) is 17.9. The van der Waals surface area contributed by atoms with Gasteiger partial charge in [0.05, 0.1) is 18.3 Å². The first-order valence-corrected chi connectivity index (χ1v) is 10.3. The summed E-state index contributed by atoms with van der Waals surface area (Å²) in [5, 5.41) is 9.94. The molecule has 0 radical (unpaired) electrons. The Kier molecular flexibility index (Phi) is 8.54. The molecule has 0 saturated carbocycles. The van der Waals surface area contributed by atoms with Crippen molar-refractivity contribution in [1.29, 1.82) is 0 Å². The molecule has 1 unspecified atom stereocenters. The number of hydrogen-bond donors (Lipinski definition) is 2. The van der Waals surface area contributed by atoms with E-state index in [2.05, 4.69) is 75.1 Å². The lowest BCUT2D eigenvalue weighted by Crippen LogP contribution is -2.43. The van der Waals surface area contributed by atoms with Gasteiger partial charge in [0, 0.05) is 33.1 Å². The smallest absolute Gasteiger partial charge is 0.191 e. The minimum absolute atomic E-state index is 0.305. The fourth-order valence-corrected chi connectivity index (χ4v) is 3.73. The van der Waals surface area contributed by atoms with Gasteiger partial charge in [-0.3, -0.25) is 9.89 Å². The number of anilines is 1. The standard InChI is InChI=1S/C20H32N6S/c1-6-26(7-2)18(16-11-9-8-10-12-16)14-23-19(21-3)22-13-17-15-27-20(24-17)25(4)5/h8-12,15,18H,6-7,13-14H2,1-5H3,(H2,21,22,23). The summed E-state index contributed by atoms with van der Waals surface area (Å²) in [7, 11) is 5.82. The van der Waals surface area contributed by atoms with E-state index in [0.717, 1.165) is 36.4 Å². The predicted octanol–water partition coefficient (Wildman–Crippen LogP) is 2.96. The molecule has 0 fully saturated rings. The number of aromatic nitrogens is 1. The van der Waals surface area contributed by atoms with Crippen molar-refractivity contribution in [3.05, 3.63) is 47.0 Å². The predicted molar refractivity (Wildman–Crippen MR) is 117 cm³/mol. The Hall–Kier alpha value is -2.12. The van der Waals surface area contributed by atoms with E-state index in [1.54, 1.807) is 18.4 Å². The Morgan fingerprint density at radius 2 is 1.85 bits per heavy atom. The van der Waals surface area contributed by atoms with Gasteiger partial charge >= 0.3 is 0 Å². The summed E-state index contributed by atoms with van der Waals surface area (Å²) in [5.41, 5.74) is 2.34. The number of rotatable bonds is 9. The molecule has 1 aromatic carbocycles. The number of benzene rings is 1. The largest absolute Gasteiger partial charge is 0.354 e. The number of nitrogens with one attached hydrogen (secondary N) is 2. The Bertz CT molecular complexity index is 694. The molecule has 0 saturated heterocycles. The molecule has 0 aliphatic carbocycles. The first kappa shape index (κ1) is 21.2. The van der Waals surface area contributed by atoms with Crippen LogP contribution in [0.1, 0.15) is 31.1 Å². The average Bonchev–Trinajstić information content (AvgIpc) is 3.17. The highest BCUT2D eigenvalue weighted by Gasteiger charge is 2.18. The highest BCUT2D eigenvalue weighted by molar-refractivity contribution is 7.13. The van der Waals surface area contributed by atoms with Crippen molar-refractivity contribution >= 4 is 22.4 Å². The van der Waals surface area contributed by atoms with Gasteiger partial charge < -0.3 is 15.5 Å². The molecule has 1 heterocycles. The van der Waals surface area contributed by atoms with E-state index >= 15 is 0 Å². The van der Waals surface area contributed by atoms with E-state index in [-0.39, 0.29) is 0 Å². The number of aliphatic imine (C=N–C) groups is 1. The molecule has 0 spiro atoms. The van der Waals surface area contributed by atoms with Crippen molar-refractivity contribution in [2.24, 2.45) is 4.99 Å². The van der Waals surface area contributed by atoms with Crippen molar-refractivity contribution < 1.29 is 0 Å².